The van der Waals surface area contributed by atoms with Crippen LogP contribution in [-0.2, 0) is 9.47 Å². The highest BCUT2D eigenvalue weighted by Gasteiger charge is 2.31. The first-order valence-corrected chi connectivity index (χ1v) is 9.86. The molecule has 1 unspecified atom stereocenters. The predicted molar refractivity (Wildman–Crippen MR) is 104 cm³/mol. The predicted octanol–water partition coefficient (Wildman–Crippen LogP) is 2.66. The van der Waals surface area contributed by atoms with Gasteiger partial charge in [0.2, 0.25) is 0 Å². The average molecular weight is 365 g/mol. The van der Waals surface area contributed by atoms with Crippen LogP contribution in [0.5, 0.6) is 0 Å². The second-order valence-electron chi connectivity index (χ2n) is 6.33. The van der Waals surface area contributed by atoms with E-state index in [0.29, 0.717) is 6.10 Å². The van der Waals surface area contributed by atoms with Crippen molar-refractivity contribution in [1.29, 1.82) is 0 Å². The number of piperidine rings is 1. The number of likely N-dealkylation sites (tertiary alicyclic amines) is 1. The highest BCUT2D eigenvalue weighted by molar-refractivity contribution is 8.14. The van der Waals surface area contributed by atoms with Gasteiger partial charge in [0.25, 0.3) is 0 Å². The maximum atomic E-state index is 6.25. The summed E-state index contributed by atoms with van der Waals surface area (Å²) < 4.78 is 11.1. The summed E-state index contributed by atoms with van der Waals surface area (Å²) in [5.41, 5.74) is 7.13. The summed E-state index contributed by atoms with van der Waals surface area (Å²) in [5.74, 6) is 0. The molecule has 0 spiro atoms. The lowest BCUT2D eigenvalue weighted by Gasteiger charge is -2.32. The van der Waals surface area contributed by atoms with Crippen LogP contribution >= 0.6 is 11.8 Å². The Hall–Kier alpha value is -1.28. The number of ether oxygens (including phenoxy) is 2. The van der Waals surface area contributed by atoms with Gasteiger partial charge in [0.1, 0.15) is 0 Å². The molecule has 1 aromatic rings. The zero-order chi connectivity index (χ0) is 17.5. The second-order valence-corrected chi connectivity index (χ2v) is 7.41. The smallest absolute Gasteiger partial charge is 0.187 e. The Bertz CT molecular complexity index is 549. The number of para-hydroxylation sites is 1. The molecule has 0 saturated carbocycles. The number of hydrazone groups is 1. The maximum absolute atomic E-state index is 6.25. The van der Waals surface area contributed by atoms with Gasteiger partial charge in [-0.3, -0.25) is 0 Å². The largest absolute Gasteiger partial charge is 0.385 e. The summed E-state index contributed by atoms with van der Waals surface area (Å²) in [5, 5.41) is 7.67. The van der Waals surface area contributed by atoms with Crippen molar-refractivity contribution in [3.8, 4) is 0 Å². The first-order valence-electron chi connectivity index (χ1n) is 8.98. The van der Waals surface area contributed by atoms with Crippen molar-refractivity contribution < 1.29 is 9.47 Å². The fraction of sp³-hybridized carbons (Fsp3) is 0.611. The lowest BCUT2D eigenvalue weighted by molar-refractivity contribution is 0.0158. The summed E-state index contributed by atoms with van der Waals surface area (Å²) in [4.78, 5) is 2.33. The minimum atomic E-state index is -0.160. The summed E-state index contributed by atoms with van der Waals surface area (Å²) in [6, 6.07) is 10.1. The molecule has 3 rings (SSSR count). The van der Waals surface area contributed by atoms with Crippen LogP contribution in [-0.4, -0.2) is 55.1 Å². The third-order valence-corrected chi connectivity index (χ3v) is 5.48. The molecule has 0 aliphatic carbocycles. The molecule has 2 aliphatic heterocycles. The van der Waals surface area contributed by atoms with Crippen LogP contribution in [0.2, 0.25) is 0 Å². The summed E-state index contributed by atoms with van der Waals surface area (Å²) in [6.45, 7) is 3.60. The van der Waals surface area contributed by atoms with Crippen molar-refractivity contribution in [3.05, 3.63) is 30.3 Å². The number of rotatable bonds is 7. The van der Waals surface area contributed by atoms with Gasteiger partial charge in [-0.1, -0.05) is 18.2 Å². The first kappa shape index (κ1) is 18.5. The van der Waals surface area contributed by atoms with Crippen LogP contribution in [0.15, 0.2) is 35.4 Å². The van der Waals surface area contributed by atoms with E-state index in [2.05, 4.69) is 4.90 Å². The number of methoxy groups -OCH3 is 1. The van der Waals surface area contributed by atoms with E-state index in [9.17, 15) is 0 Å². The van der Waals surface area contributed by atoms with Gasteiger partial charge in [-0.25, -0.2) is 5.01 Å². The first-order chi connectivity index (χ1) is 12.3. The van der Waals surface area contributed by atoms with E-state index in [-0.39, 0.29) is 5.50 Å². The van der Waals surface area contributed by atoms with E-state index in [4.69, 9.17) is 20.3 Å². The van der Waals surface area contributed by atoms with Crippen LogP contribution in [0, 0.1) is 0 Å². The van der Waals surface area contributed by atoms with E-state index < -0.39 is 0 Å². The molecule has 0 bridgehead atoms. The quantitative estimate of drug-likeness (QED) is 0.751. The molecule has 0 amide bonds. The van der Waals surface area contributed by atoms with Crippen LogP contribution < -0.4 is 10.7 Å². The minimum Gasteiger partial charge on any atom is -0.385 e. The maximum Gasteiger partial charge on any atom is 0.187 e. The van der Waals surface area contributed by atoms with Crippen LogP contribution in [0.4, 0.5) is 5.69 Å². The normalized spacial score (nSPS) is 21.7. The van der Waals surface area contributed by atoms with Crippen molar-refractivity contribution in [2.75, 3.05) is 38.4 Å². The lowest BCUT2D eigenvalue weighted by Crippen LogP contribution is -2.39. The summed E-state index contributed by atoms with van der Waals surface area (Å²) in [7, 11) is 1.74. The zero-order valence-electron chi connectivity index (χ0n) is 14.8. The molecule has 1 saturated heterocycles. The SMILES string of the molecule is COCCCCOC1CCN(C2=NN(c3ccccc3)C(N)S2)CC1. The number of amidine groups is 1. The summed E-state index contributed by atoms with van der Waals surface area (Å²) in [6.07, 6.45) is 4.59. The van der Waals surface area contributed by atoms with Crippen molar-refractivity contribution in [3.63, 3.8) is 0 Å². The van der Waals surface area contributed by atoms with E-state index >= 15 is 0 Å². The molecule has 2 N–H and O–H groups in total. The van der Waals surface area contributed by atoms with Gasteiger partial charge in [-0.2, -0.15) is 0 Å². The monoisotopic (exact) mass is 364 g/mol. The Morgan fingerprint density at radius 1 is 1.16 bits per heavy atom. The van der Waals surface area contributed by atoms with E-state index in [1.54, 1.807) is 18.9 Å². The Labute approximate surface area is 154 Å². The van der Waals surface area contributed by atoms with Crippen molar-refractivity contribution >= 4 is 22.6 Å². The zero-order valence-corrected chi connectivity index (χ0v) is 15.7. The molecule has 2 aliphatic rings. The Morgan fingerprint density at radius 3 is 2.60 bits per heavy atom. The van der Waals surface area contributed by atoms with Gasteiger partial charge in [-0.15, -0.1) is 5.10 Å². The third kappa shape index (κ3) is 5.10. The number of unbranched alkanes of at least 4 members (excludes halogenated alkanes) is 1. The molecule has 7 heteroatoms. The number of hydrogen-bond donors (Lipinski definition) is 1. The fourth-order valence-corrected chi connectivity index (χ4v) is 4.02. The topological polar surface area (TPSA) is 63.3 Å². The molecular weight excluding hydrogens is 336 g/mol. The molecule has 25 heavy (non-hydrogen) atoms. The molecule has 0 aromatic heterocycles. The van der Waals surface area contributed by atoms with Gasteiger partial charge in [0, 0.05) is 33.4 Å². The van der Waals surface area contributed by atoms with Crippen molar-refractivity contribution in [2.45, 2.75) is 37.3 Å². The Morgan fingerprint density at radius 2 is 1.88 bits per heavy atom. The number of nitrogens with zero attached hydrogens (tertiary/aromatic N) is 3. The molecule has 1 aromatic carbocycles. The fourth-order valence-electron chi connectivity index (χ4n) is 3.07. The minimum absolute atomic E-state index is 0.160. The number of thioether (sulfide) groups is 1. The Balaban J connectivity index is 1.45. The van der Waals surface area contributed by atoms with Crippen molar-refractivity contribution in [2.24, 2.45) is 10.8 Å². The van der Waals surface area contributed by atoms with E-state index in [1.807, 2.05) is 35.3 Å². The molecule has 6 nitrogen and oxygen atoms in total. The molecule has 1 atom stereocenters. The van der Waals surface area contributed by atoms with Gasteiger partial charge in [0.05, 0.1) is 11.8 Å². The molecular formula is C18H28N4O2S. The second kappa shape index (κ2) is 9.43. The molecule has 1 fully saturated rings. The standard InChI is InChI=1S/C18H28N4O2S/c1-23-13-5-6-14-24-16-9-11-21(12-10-16)18-20-22(17(19)25-18)15-7-3-2-4-8-15/h2-4,7-8,16-17H,5-6,9-14,19H2,1H3. The van der Waals surface area contributed by atoms with Crippen molar-refractivity contribution in [1.82, 2.24) is 4.90 Å². The van der Waals surface area contributed by atoms with Gasteiger partial charge >= 0.3 is 0 Å². The average Bonchev–Trinajstić information content (AvgIpc) is 3.04. The van der Waals surface area contributed by atoms with E-state index in [1.165, 1.54) is 0 Å². The molecule has 0 radical (unpaired) electrons. The van der Waals surface area contributed by atoms with Gasteiger partial charge in [-0.05, 0) is 49.6 Å². The van der Waals surface area contributed by atoms with Crippen LogP contribution in [0.25, 0.3) is 0 Å². The number of anilines is 1. The lowest BCUT2D eigenvalue weighted by atomic mass is 10.1. The number of nitrogens with two attached hydrogens (primary N) is 1. The van der Waals surface area contributed by atoms with Gasteiger partial charge < -0.3 is 20.1 Å². The molecule has 2 heterocycles. The van der Waals surface area contributed by atoms with Crippen LogP contribution in [0.1, 0.15) is 25.7 Å². The van der Waals surface area contributed by atoms with Gasteiger partial charge in [0.15, 0.2) is 10.7 Å². The number of benzene rings is 1. The summed E-state index contributed by atoms with van der Waals surface area (Å²) >= 11 is 1.63. The molecule has 138 valence electrons. The third-order valence-electron chi connectivity index (χ3n) is 4.49. The Kier molecular flexibility index (Phi) is 6.98. The van der Waals surface area contributed by atoms with Crippen LogP contribution in [0.3, 0.4) is 0 Å². The van der Waals surface area contributed by atoms with E-state index in [0.717, 1.165) is 62.8 Å². The highest BCUT2D eigenvalue weighted by atomic mass is 32.2. The number of hydrogen-bond acceptors (Lipinski definition) is 7. The highest BCUT2D eigenvalue weighted by Crippen LogP contribution is 2.31.